The van der Waals surface area contributed by atoms with E-state index in [-0.39, 0.29) is 22.8 Å². The Morgan fingerprint density at radius 2 is 2.08 bits per heavy atom. The number of aromatic nitrogens is 2. The molecule has 5 rings (SSSR count). The summed E-state index contributed by atoms with van der Waals surface area (Å²) < 4.78 is 31.4. The monoisotopic (exact) mass is 562 g/mol. The number of amides is 1. The number of nitrogens with zero attached hydrogens (tertiary/aromatic N) is 3. The molecule has 0 fully saturated rings. The molecule has 0 aliphatic heterocycles. The molecule has 0 bridgehead atoms. The smallest absolute Gasteiger partial charge is 0.241 e. The summed E-state index contributed by atoms with van der Waals surface area (Å²) in [5, 5.41) is 4.12. The molecule has 0 unspecified atom stereocenters. The highest BCUT2D eigenvalue weighted by Gasteiger charge is 2.28. The third kappa shape index (κ3) is 6.16. The minimum atomic E-state index is -3.71. The Morgan fingerprint density at radius 3 is 2.79 bits per heavy atom. The number of fused-ring (bicyclic) bond motifs is 1. The third-order valence-electron chi connectivity index (χ3n) is 7.47. The van der Waals surface area contributed by atoms with Crippen molar-refractivity contribution in [2.24, 2.45) is 7.05 Å². The highest BCUT2D eigenvalue weighted by atomic mass is 32.2. The molecule has 0 radical (unpaired) electrons. The average molecular weight is 563 g/mol. The molecule has 1 aliphatic carbocycles. The van der Waals surface area contributed by atoms with E-state index in [0.29, 0.717) is 19.4 Å². The summed E-state index contributed by atoms with van der Waals surface area (Å²) in [6.45, 7) is 4.28. The van der Waals surface area contributed by atoms with Gasteiger partial charge in [0.2, 0.25) is 15.9 Å². The first-order valence-electron chi connectivity index (χ1n) is 13.2. The molecule has 0 saturated carbocycles. The number of thiophene rings is 1. The quantitative estimate of drug-likeness (QED) is 0.276. The van der Waals surface area contributed by atoms with E-state index in [9.17, 15) is 13.2 Å². The van der Waals surface area contributed by atoms with Gasteiger partial charge in [0, 0.05) is 37.6 Å². The van der Waals surface area contributed by atoms with Gasteiger partial charge in [-0.2, -0.15) is 11.3 Å². The van der Waals surface area contributed by atoms with Crippen LogP contribution >= 0.6 is 11.3 Å². The van der Waals surface area contributed by atoms with Crippen molar-refractivity contribution in [1.82, 2.24) is 14.3 Å². The van der Waals surface area contributed by atoms with E-state index < -0.39 is 10.0 Å². The van der Waals surface area contributed by atoms with Crippen LogP contribution in [0.1, 0.15) is 66.2 Å². The Bertz CT molecular complexity index is 1560. The lowest BCUT2D eigenvalue weighted by atomic mass is 9.87. The number of aryl methyl sites for hydroxylation is 3. The van der Waals surface area contributed by atoms with Crippen molar-refractivity contribution in [3.63, 3.8) is 0 Å². The van der Waals surface area contributed by atoms with E-state index in [4.69, 9.17) is 0 Å². The number of nitrogens with one attached hydrogen (secondary N) is 1. The van der Waals surface area contributed by atoms with Crippen LogP contribution in [0, 0.1) is 6.92 Å². The minimum Gasteiger partial charge on any atom is -0.337 e. The molecular formula is C30H34N4O3S2. The lowest BCUT2D eigenvalue weighted by Gasteiger charge is -2.30. The van der Waals surface area contributed by atoms with E-state index in [1.54, 1.807) is 40.6 Å². The van der Waals surface area contributed by atoms with Gasteiger partial charge < -0.3 is 9.47 Å². The van der Waals surface area contributed by atoms with Crippen LogP contribution in [-0.2, 0) is 34.8 Å². The second kappa shape index (κ2) is 11.5. The Hall–Kier alpha value is -3.27. The molecule has 1 aliphatic rings. The molecule has 2 atom stereocenters. The van der Waals surface area contributed by atoms with Crippen LogP contribution in [0.2, 0.25) is 0 Å². The fourth-order valence-corrected chi connectivity index (χ4v) is 7.31. The number of hydrogen-bond donors (Lipinski definition) is 1. The number of hydrogen-bond acceptors (Lipinski definition) is 5. The molecule has 2 aromatic carbocycles. The molecule has 39 heavy (non-hydrogen) atoms. The van der Waals surface area contributed by atoms with Gasteiger partial charge in [-0.1, -0.05) is 25.1 Å². The zero-order chi connectivity index (χ0) is 27.6. The maximum atomic E-state index is 13.8. The number of benzene rings is 2. The average Bonchev–Trinajstić information content (AvgIpc) is 3.59. The molecule has 1 amide bonds. The molecule has 204 valence electrons. The fourth-order valence-electron chi connectivity index (χ4n) is 5.17. The lowest BCUT2D eigenvalue weighted by molar-refractivity contribution is -0.119. The molecule has 0 saturated heterocycles. The molecule has 4 aromatic rings. The van der Waals surface area contributed by atoms with Crippen LogP contribution in [0.3, 0.4) is 0 Å². The lowest BCUT2D eigenvalue weighted by Crippen LogP contribution is -2.34. The Morgan fingerprint density at radius 1 is 1.23 bits per heavy atom. The SMILES string of the molecule is Cc1cccc(S(=O)(=O)N[C@H]2CCCc3ccc(N(Cc4nccn4C)C(=O)C[C@H](C)c4ccsc4)cc32)c1. The first-order chi connectivity index (χ1) is 18.7. The van der Waals surface area contributed by atoms with E-state index in [1.165, 1.54) is 0 Å². The number of rotatable bonds is 9. The van der Waals surface area contributed by atoms with E-state index in [2.05, 4.69) is 28.1 Å². The van der Waals surface area contributed by atoms with Gasteiger partial charge in [0.25, 0.3) is 0 Å². The van der Waals surface area contributed by atoms with Crippen LogP contribution in [-0.4, -0.2) is 23.9 Å². The van der Waals surface area contributed by atoms with Gasteiger partial charge in [-0.05, 0) is 95.4 Å². The molecule has 2 heterocycles. The third-order valence-corrected chi connectivity index (χ3v) is 9.64. The normalized spacial score (nSPS) is 16.0. The molecule has 7 nitrogen and oxygen atoms in total. The van der Waals surface area contributed by atoms with Gasteiger partial charge in [0.15, 0.2) is 0 Å². The van der Waals surface area contributed by atoms with Crippen molar-refractivity contribution < 1.29 is 13.2 Å². The van der Waals surface area contributed by atoms with Crippen LogP contribution in [0.25, 0.3) is 0 Å². The summed E-state index contributed by atoms with van der Waals surface area (Å²) in [6, 6.07) is 14.7. The van der Waals surface area contributed by atoms with Crippen molar-refractivity contribution in [3.8, 4) is 0 Å². The minimum absolute atomic E-state index is 0.00403. The number of carbonyl (C=O) groups excluding carboxylic acids is 1. The number of sulfonamides is 1. The summed E-state index contributed by atoms with van der Waals surface area (Å²) in [6.07, 6.45) is 6.43. The van der Waals surface area contributed by atoms with E-state index in [0.717, 1.165) is 46.6 Å². The number of imidazole rings is 1. The van der Waals surface area contributed by atoms with Crippen molar-refractivity contribution in [2.75, 3.05) is 4.90 Å². The van der Waals surface area contributed by atoms with Gasteiger partial charge in [0.1, 0.15) is 5.82 Å². The van der Waals surface area contributed by atoms with E-state index >= 15 is 0 Å². The Balaban J connectivity index is 1.46. The topological polar surface area (TPSA) is 84.3 Å². The number of anilines is 1. The standard InChI is InChI=1S/C30H34N4O3S2/c1-21-6-4-8-26(16-21)39(36,37)32-28-9-5-7-23-10-11-25(18-27(23)28)34(19-29-31-13-14-33(29)3)30(35)17-22(2)24-12-15-38-20-24/h4,6,8,10-16,18,20,22,28,32H,5,7,9,17,19H2,1-3H3/t22-,28-/m0/s1. The largest absolute Gasteiger partial charge is 0.337 e. The maximum absolute atomic E-state index is 13.8. The van der Waals surface area contributed by atoms with Gasteiger partial charge in [-0.15, -0.1) is 0 Å². The fraction of sp³-hybridized carbons (Fsp3) is 0.333. The molecular weight excluding hydrogens is 528 g/mol. The summed E-state index contributed by atoms with van der Waals surface area (Å²) in [4.78, 5) is 20.3. The van der Waals surface area contributed by atoms with Crippen LogP contribution in [0.5, 0.6) is 0 Å². The van der Waals surface area contributed by atoms with Crippen molar-refractivity contribution in [1.29, 1.82) is 0 Å². The first-order valence-corrected chi connectivity index (χ1v) is 15.6. The van der Waals surface area contributed by atoms with E-state index in [1.807, 2.05) is 54.4 Å². The summed E-state index contributed by atoms with van der Waals surface area (Å²) in [5.41, 5.74) is 4.84. The summed E-state index contributed by atoms with van der Waals surface area (Å²) >= 11 is 1.63. The zero-order valence-electron chi connectivity index (χ0n) is 22.5. The summed E-state index contributed by atoms with van der Waals surface area (Å²) in [5.74, 6) is 0.865. The first kappa shape index (κ1) is 27.3. The maximum Gasteiger partial charge on any atom is 0.241 e. The van der Waals surface area contributed by atoms with Crippen LogP contribution in [0.4, 0.5) is 5.69 Å². The molecule has 0 spiro atoms. The van der Waals surface area contributed by atoms with Crippen molar-refractivity contribution in [3.05, 3.63) is 99.8 Å². The zero-order valence-corrected chi connectivity index (χ0v) is 24.1. The van der Waals surface area contributed by atoms with Crippen LogP contribution in [0.15, 0.2) is 76.6 Å². The predicted molar refractivity (Wildman–Crippen MR) is 155 cm³/mol. The van der Waals surface area contributed by atoms with Crippen LogP contribution < -0.4 is 9.62 Å². The molecule has 9 heteroatoms. The van der Waals surface area contributed by atoms with Crippen molar-refractivity contribution >= 4 is 33.0 Å². The second-order valence-electron chi connectivity index (χ2n) is 10.4. The predicted octanol–water partition coefficient (Wildman–Crippen LogP) is 5.87. The van der Waals surface area contributed by atoms with Crippen molar-refractivity contribution in [2.45, 2.75) is 62.9 Å². The van der Waals surface area contributed by atoms with Gasteiger partial charge in [0.05, 0.1) is 11.4 Å². The molecule has 1 N–H and O–H groups in total. The highest BCUT2D eigenvalue weighted by molar-refractivity contribution is 7.89. The van der Waals surface area contributed by atoms with Gasteiger partial charge in [-0.25, -0.2) is 18.1 Å². The van der Waals surface area contributed by atoms with Gasteiger partial charge >= 0.3 is 0 Å². The van der Waals surface area contributed by atoms with Gasteiger partial charge in [-0.3, -0.25) is 4.79 Å². The highest BCUT2D eigenvalue weighted by Crippen LogP contribution is 2.35. The Labute approximate surface area is 234 Å². The Kier molecular flexibility index (Phi) is 8.02. The molecule has 2 aromatic heterocycles. The summed E-state index contributed by atoms with van der Waals surface area (Å²) in [7, 11) is -1.79. The number of carbonyl (C=O) groups is 1. The second-order valence-corrected chi connectivity index (χ2v) is 12.9.